The summed E-state index contributed by atoms with van der Waals surface area (Å²) in [5.41, 5.74) is 10.4. The van der Waals surface area contributed by atoms with E-state index in [9.17, 15) is 4.79 Å². The number of methoxy groups -OCH3 is 1. The molecule has 2 rings (SSSR count). The standard InChI is InChI=1S/C17H22N2O3/c1-17(19,8-5-9-18)16(20)22-13-10-12-6-3-4-7-14(12)15(11-13)21-2/h3-4,6-7,10-11H,5,8-9,18-19H2,1-2H3/t17-/m0/s1. The van der Waals surface area contributed by atoms with Crippen LogP contribution in [0.1, 0.15) is 19.8 Å². The first kappa shape index (κ1) is 16.3. The number of ether oxygens (including phenoxy) is 2. The molecule has 1 atom stereocenters. The fraction of sp³-hybridized carbons (Fsp3) is 0.353. The summed E-state index contributed by atoms with van der Waals surface area (Å²) in [4.78, 5) is 12.2. The van der Waals surface area contributed by atoms with Crippen molar-refractivity contribution < 1.29 is 14.3 Å². The Morgan fingerprint density at radius 1 is 1.27 bits per heavy atom. The number of nitrogens with two attached hydrogens (primary N) is 2. The smallest absolute Gasteiger partial charge is 0.331 e. The number of hydrogen-bond acceptors (Lipinski definition) is 5. The molecule has 0 aliphatic rings. The summed E-state index contributed by atoms with van der Waals surface area (Å²) in [6.07, 6.45) is 1.15. The summed E-state index contributed by atoms with van der Waals surface area (Å²) < 4.78 is 10.8. The van der Waals surface area contributed by atoms with E-state index >= 15 is 0 Å². The van der Waals surface area contributed by atoms with Gasteiger partial charge in [0.05, 0.1) is 7.11 Å². The number of benzene rings is 2. The van der Waals surface area contributed by atoms with E-state index in [-0.39, 0.29) is 0 Å². The number of carbonyl (C=O) groups is 1. The maximum absolute atomic E-state index is 12.2. The lowest BCUT2D eigenvalue weighted by molar-refractivity contribution is -0.140. The molecule has 0 spiro atoms. The van der Waals surface area contributed by atoms with Crippen molar-refractivity contribution in [3.05, 3.63) is 36.4 Å². The Hall–Kier alpha value is -2.11. The molecule has 0 aliphatic carbocycles. The zero-order valence-electron chi connectivity index (χ0n) is 13.0. The molecule has 2 aromatic carbocycles. The van der Waals surface area contributed by atoms with Crippen molar-refractivity contribution >= 4 is 16.7 Å². The monoisotopic (exact) mass is 302 g/mol. The maximum Gasteiger partial charge on any atom is 0.331 e. The first-order valence-corrected chi connectivity index (χ1v) is 7.26. The Kier molecular flexibility index (Phi) is 5.00. The van der Waals surface area contributed by atoms with Crippen molar-refractivity contribution in [2.75, 3.05) is 13.7 Å². The lowest BCUT2D eigenvalue weighted by Crippen LogP contribution is -2.47. The molecule has 0 aliphatic heterocycles. The van der Waals surface area contributed by atoms with Gasteiger partial charge in [0, 0.05) is 11.5 Å². The molecule has 0 fully saturated rings. The summed E-state index contributed by atoms with van der Waals surface area (Å²) >= 11 is 0. The van der Waals surface area contributed by atoms with Crippen LogP contribution in [0.3, 0.4) is 0 Å². The third-order valence-electron chi connectivity index (χ3n) is 3.59. The van der Waals surface area contributed by atoms with Crippen LogP contribution in [-0.4, -0.2) is 25.2 Å². The van der Waals surface area contributed by atoms with E-state index in [1.807, 2.05) is 24.3 Å². The van der Waals surface area contributed by atoms with Gasteiger partial charge in [0.1, 0.15) is 17.0 Å². The van der Waals surface area contributed by atoms with Crippen LogP contribution in [0.15, 0.2) is 36.4 Å². The van der Waals surface area contributed by atoms with Crippen LogP contribution in [0.5, 0.6) is 11.5 Å². The molecule has 0 bridgehead atoms. The summed E-state index contributed by atoms with van der Waals surface area (Å²) in [6, 6.07) is 11.2. The normalized spacial score (nSPS) is 13.6. The molecule has 0 saturated heterocycles. The zero-order valence-corrected chi connectivity index (χ0v) is 13.0. The second kappa shape index (κ2) is 6.77. The van der Waals surface area contributed by atoms with Gasteiger partial charge in [-0.25, -0.2) is 4.79 Å². The first-order chi connectivity index (χ1) is 10.5. The summed E-state index contributed by atoms with van der Waals surface area (Å²) in [5, 5.41) is 1.90. The molecule has 0 saturated carbocycles. The highest BCUT2D eigenvalue weighted by molar-refractivity contribution is 5.91. The van der Waals surface area contributed by atoms with E-state index in [0.29, 0.717) is 30.9 Å². The fourth-order valence-corrected chi connectivity index (χ4v) is 2.27. The summed E-state index contributed by atoms with van der Waals surface area (Å²) in [5.74, 6) is 0.602. The van der Waals surface area contributed by atoms with Gasteiger partial charge in [0.25, 0.3) is 0 Å². The van der Waals surface area contributed by atoms with Crippen LogP contribution in [0.4, 0.5) is 0 Å². The van der Waals surface area contributed by atoms with Gasteiger partial charge >= 0.3 is 5.97 Å². The molecule has 5 heteroatoms. The van der Waals surface area contributed by atoms with Gasteiger partial charge in [0.2, 0.25) is 0 Å². The van der Waals surface area contributed by atoms with Crippen LogP contribution in [0.25, 0.3) is 10.8 Å². The first-order valence-electron chi connectivity index (χ1n) is 7.26. The van der Waals surface area contributed by atoms with Crippen molar-refractivity contribution in [2.24, 2.45) is 11.5 Å². The van der Waals surface area contributed by atoms with Gasteiger partial charge in [-0.2, -0.15) is 0 Å². The Balaban J connectivity index is 2.26. The SMILES string of the molecule is COc1cc(OC(=O)[C@@](C)(N)CCCN)cc2ccccc12. The van der Waals surface area contributed by atoms with Crippen molar-refractivity contribution in [2.45, 2.75) is 25.3 Å². The number of fused-ring (bicyclic) bond motifs is 1. The molecular weight excluding hydrogens is 280 g/mol. The lowest BCUT2D eigenvalue weighted by atomic mass is 9.97. The molecule has 0 unspecified atom stereocenters. The van der Waals surface area contributed by atoms with Gasteiger partial charge in [-0.1, -0.05) is 24.3 Å². The Morgan fingerprint density at radius 2 is 2.00 bits per heavy atom. The highest BCUT2D eigenvalue weighted by atomic mass is 16.5. The highest BCUT2D eigenvalue weighted by Gasteiger charge is 2.30. The average molecular weight is 302 g/mol. The predicted octanol–water partition coefficient (Wildman–Crippen LogP) is 2.21. The quantitative estimate of drug-likeness (QED) is 0.631. The minimum atomic E-state index is -1.06. The number of hydrogen-bond donors (Lipinski definition) is 2. The molecule has 118 valence electrons. The molecular formula is C17H22N2O3. The number of carbonyl (C=O) groups excluding carboxylic acids is 1. The molecule has 22 heavy (non-hydrogen) atoms. The molecule has 0 heterocycles. The van der Waals surface area contributed by atoms with Crippen LogP contribution < -0.4 is 20.9 Å². The predicted molar refractivity (Wildman–Crippen MR) is 87.0 cm³/mol. The third-order valence-corrected chi connectivity index (χ3v) is 3.59. The Bertz CT molecular complexity index is 668. The minimum absolute atomic E-state index is 0.421. The van der Waals surface area contributed by atoms with E-state index in [0.717, 1.165) is 10.8 Å². The average Bonchev–Trinajstić information content (AvgIpc) is 2.52. The molecule has 0 amide bonds. The summed E-state index contributed by atoms with van der Waals surface area (Å²) in [7, 11) is 1.58. The van der Waals surface area contributed by atoms with Crippen LogP contribution in [0, 0.1) is 0 Å². The fourth-order valence-electron chi connectivity index (χ4n) is 2.27. The van der Waals surface area contributed by atoms with Crippen molar-refractivity contribution in [1.82, 2.24) is 0 Å². The van der Waals surface area contributed by atoms with Gasteiger partial charge in [-0.15, -0.1) is 0 Å². The van der Waals surface area contributed by atoms with Crippen molar-refractivity contribution in [3.8, 4) is 11.5 Å². The largest absolute Gasteiger partial charge is 0.496 e. The molecule has 2 aromatic rings. The molecule has 0 radical (unpaired) electrons. The zero-order chi connectivity index (χ0) is 16.2. The van der Waals surface area contributed by atoms with E-state index in [1.165, 1.54) is 0 Å². The second-order valence-corrected chi connectivity index (χ2v) is 5.55. The van der Waals surface area contributed by atoms with Crippen molar-refractivity contribution in [1.29, 1.82) is 0 Å². The topological polar surface area (TPSA) is 87.6 Å². The van der Waals surface area contributed by atoms with E-state index in [2.05, 4.69) is 0 Å². The molecule has 4 N–H and O–H groups in total. The summed E-state index contributed by atoms with van der Waals surface area (Å²) in [6.45, 7) is 2.15. The molecule has 5 nitrogen and oxygen atoms in total. The minimum Gasteiger partial charge on any atom is -0.496 e. The Morgan fingerprint density at radius 3 is 2.68 bits per heavy atom. The second-order valence-electron chi connectivity index (χ2n) is 5.55. The number of rotatable bonds is 6. The van der Waals surface area contributed by atoms with Gasteiger partial charge in [-0.05, 0) is 37.8 Å². The third kappa shape index (κ3) is 3.55. The number of esters is 1. The van der Waals surface area contributed by atoms with E-state index in [1.54, 1.807) is 26.2 Å². The lowest BCUT2D eigenvalue weighted by Gasteiger charge is -2.22. The van der Waals surface area contributed by atoms with E-state index in [4.69, 9.17) is 20.9 Å². The van der Waals surface area contributed by atoms with E-state index < -0.39 is 11.5 Å². The van der Waals surface area contributed by atoms with Crippen LogP contribution in [0.2, 0.25) is 0 Å². The van der Waals surface area contributed by atoms with Crippen LogP contribution >= 0.6 is 0 Å². The molecule has 0 aromatic heterocycles. The van der Waals surface area contributed by atoms with Gasteiger partial charge < -0.3 is 20.9 Å². The van der Waals surface area contributed by atoms with Gasteiger partial charge in [0.15, 0.2) is 0 Å². The highest BCUT2D eigenvalue weighted by Crippen LogP contribution is 2.31. The van der Waals surface area contributed by atoms with Gasteiger partial charge in [-0.3, -0.25) is 0 Å². The maximum atomic E-state index is 12.2. The van der Waals surface area contributed by atoms with Crippen LogP contribution in [-0.2, 0) is 4.79 Å². The Labute approximate surface area is 130 Å². The van der Waals surface area contributed by atoms with Crippen molar-refractivity contribution in [3.63, 3.8) is 0 Å².